The van der Waals surface area contributed by atoms with Crippen LogP contribution in [0.2, 0.25) is 0 Å². The zero-order valence-corrected chi connectivity index (χ0v) is 13.2. The third-order valence-electron chi connectivity index (χ3n) is 3.12. The maximum absolute atomic E-state index is 12.4. The Bertz CT molecular complexity index is 850. The van der Waals surface area contributed by atoms with Gasteiger partial charge in [-0.2, -0.15) is 0 Å². The Hall–Kier alpha value is -1.85. The highest BCUT2D eigenvalue weighted by molar-refractivity contribution is 7.99. The van der Waals surface area contributed by atoms with Gasteiger partial charge in [0.25, 0.3) is 5.56 Å². The van der Waals surface area contributed by atoms with Gasteiger partial charge in [0, 0.05) is 17.7 Å². The van der Waals surface area contributed by atoms with E-state index in [4.69, 9.17) is 0 Å². The van der Waals surface area contributed by atoms with Gasteiger partial charge in [0.15, 0.2) is 5.16 Å². The van der Waals surface area contributed by atoms with Crippen molar-refractivity contribution in [3.8, 4) is 10.4 Å². The summed E-state index contributed by atoms with van der Waals surface area (Å²) in [6, 6.07) is 12.0. The summed E-state index contributed by atoms with van der Waals surface area (Å²) in [7, 11) is 1.76. The lowest BCUT2D eigenvalue weighted by Gasteiger charge is -2.04. The lowest BCUT2D eigenvalue weighted by molar-refractivity contribution is 0.729. The van der Waals surface area contributed by atoms with Gasteiger partial charge in [-0.15, -0.1) is 17.9 Å². The predicted octanol–water partition coefficient (Wildman–Crippen LogP) is 3.94. The minimum absolute atomic E-state index is 0.00462. The first-order chi connectivity index (χ1) is 10.2. The van der Waals surface area contributed by atoms with Gasteiger partial charge in [0.1, 0.15) is 4.83 Å². The van der Waals surface area contributed by atoms with E-state index in [2.05, 4.69) is 11.6 Å². The Morgan fingerprint density at radius 3 is 2.86 bits per heavy atom. The van der Waals surface area contributed by atoms with Crippen molar-refractivity contribution in [3.63, 3.8) is 0 Å². The van der Waals surface area contributed by atoms with Gasteiger partial charge in [-0.1, -0.05) is 48.2 Å². The Labute approximate surface area is 131 Å². The minimum atomic E-state index is 0.00462. The average molecular weight is 314 g/mol. The molecule has 0 aliphatic carbocycles. The molecule has 21 heavy (non-hydrogen) atoms. The largest absolute Gasteiger partial charge is 0.290 e. The molecular weight excluding hydrogens is 300 g/mol. The van der Waals surface area contributed by atoms with Crippen LogP contribution in [0, 0.1) is 0 Å². The normalized spacial score (nSPS) is 10.9. The lowest BCUT2D eigenvalue weighted by atomic mass is 10.2. The molecule has 0 spiro atoms. The van der Waals surface area contributed by atoms with E-state index in [9.17, 15) is 4.79 Å². The number of thioether (sulfide) groups is 1. The van der Waals surface area contributed by atoms with Gasteiger partial charge < -0.3 is 0 Å². The van der Waals surface area contributed by atoms with E-state index in [0.29, 0.717) is 5.39 Å². The molecule has 2 heterocycles. The molecule has 0 unspecified atom stereocenters. The van der Waals surface area contributed by atoms with Crippen molar-refractivity contribution in [3.05, 3.63) is 59.4 Å². The summed E-state index contributed by atoms with van der Waals surface area (Å²) in [5, 5.41) is 1.41. The van der Waals surface area contributed by atoms with Crippen LogP contribution < -0.4 is 5.56 Å². The summed E-state index contributed by atoms with van der Waals surface area (Å²) in [6.45, 7) is 3.70. The number of nitrogens with zero attached hydrogens (tertiary/aromatic N) is 2. The maximum Gasteiger partial charge on any atom is 0.262 e. The van der Waals surface area contributed by atoms with Crippen LogP contribution in [0.15, 0.2) is 59.0 Å². The number of hydrogen-bond acceptors (Lipinski definition) is 4. The van der Waals surface area contributed by atoms with E-state index in [1.807, 2.05) is 42.5 Å². The summed E-state index contributed by atoms with van der Waals surface area (Å²) < 4.78 is 1.61. The van der Waals surface area contributed by atoms with Gasteiger partial charge >= 0.3 is 0 Å². The first-order valence-corrected chi connectivity index (χ1v) is 8.30. The summed E-state index contributed by atoms with van der Waals surface area (Å²) in [5.74, 6) is 0.739. The van der Waals surface area contributed by atoms with Crippen LogP contribution in [0.5, 0.6) is 0 Å². The average Bonchev–Trinajstić information content (AvgIpc) is 2.94. The van der Waals surface area contributed by atoms with Crippen molar-refractivity contribution in [2.75, 3.05) is 5.75 Å². The number of rotatable bonds is 4. The molecule has 3 nitrogen and oxygen atoms in total. The SMILES string of the molecule is C=CCSc1nc2sc(-c3ccccc3)cc2c(=O)n1C. The quantitative estimate of drug-likeness (QED) is 0.415. The fourth-order valence-corrected chi connectivity index (χ4v) is 3.84. The second kappa shape index (κ2) is 5.87. The molecule has 0 atom stereocenters. The molecule has 2 aromatic heterocycles. The van der Waals surface area contributed by atoms with Gasteiger partial charge in [-0.05, 0) is 11.6 Å². The summed E-state index contributed by atoms with van der Waals surface area (Å²) in [4.78, 5) is 18.9. The molecule has 106 valence electrons. The Kier molecular flexibility index (Phi) is 3.94. The predicted molar refractivity (Wildman–Crippen MR) is 91.2 cm³/mol. The molecule has 0 aliphatic heterocycles. The van der Waals surface area contributed by atoms with Crippen LogP contribution in [-0.2, 0) is 7.05 Å². The third-order valence-corrected chi connectivity index (χ3v) is 5.22. The van der Waals surface area contributed by atoms with Gasteiger partial charge in [-0.3, -0.25) is 9.36 Å². The molecule has 1 aromatic carbocycles. The van der Waals surface area contributed by atoms with Crippen molar-refractivity contribution < 1.29 is 0 Å². The molecule has 0 fully saturated rings. The zero-order valence-electron chi connectivity index (χ0n) is 11.6. The molecule has 0 radical (unpaired) electrons. The summed E-state index contributed by atoms with van der Waals surface area (Å²) in [5.41, 5.74) is 1.12. The second-order valence-electron chi connectivity index (χ2n) is 4.55. The van der Waals surface area contributed by atoms with E-state index >= 15 is 0 Å². The zero-order chi connectivity index (χ0) is 14.8. The van der Waals surface area contributed by atoms with Gasteiger partial charge in [-0.25, -0.2) is 4.98 Å². The number of fused-ring (bicyclic) bond motifs is 1. The standard InChI is InChI=1S/C16H14N2OS2/c1-3-9-20-16-17-14-12(15(19)18(16)2)10-13(21-14)11-7-5-4-6-8-11/h3-8,10H,1,9H2,2H3. The Morgan fingerprint density at radius 1 is 1.38 bits per heavy atom. The van der Waals surface area contributed by atoms with Crippen LogP contribution in [0.4, 0.5) is 0 Å². The van der Waals surface area contributed by atoms with Crippen LogP contribution in [0.1, 0.15) is 0 Å². The Morgan fingerprint density at radius 2 is 2.14 bits per heavy atom. The van der Waals surface area contributed by atoms with E-state index in [-0.39, 0.29) is 5.56 Å². The molecule has 0 amide bonds. The molecule has 0 bridgehead atoms. The van der Waals surface area contributed by atoms with Crippen molar-refractivity contribution in [2.24, 2.45) is 7.05 Å². The highest BCUT2D eigenvalue weighted by atomic mass is 32.2. The maximum atomic E-state index is 12.4. The van der Waals surface area contributed by atoms with E-state index in [1.54, 1.807) is 23.0 Å². The number of benzene rings is 1. The molecule has 3 aromatic rings. The smallest absolute Gasteiger partial charge is 0.262 e. The van der Waals surface area contributed by atoms with Crippen LogP contribution in [0.3, 0.4) is 0 Å². The molecular formula is C16H14N2OS2. The first kappa shape index (κ1) is 14.1. The number of aromatic nitrogens is 2. The molecule has 0 saturated heterocycles. The van der Waals surface area contributed by atoms with E-state index in [1.165, 1.54) is 11.8 Å². The van der Waals surface area contributed by atoms with Crippen molar-refractivity contribution >= 4 is 33.3 Å². The third kappa shape index (κ3) is 2.66. The van der Waals surface area contributed by atoms with Crippen LogP contribution in [0.25, 0.3) is 20.7 Å². The van der Waals surface area contributed by atoms with Crippen LogP contribution >= 0.6 is 23.1 Å². The highest BCUT2D eigenvalue weighted by Gasteiger charge is 2.12. The van der Waals surface area contributed by atoms with E-state index in [0.717, 1.165) is 26.2 Å². The molecule has 3 rings (SSSR count). The fraction of sp³-hybridized carbons (Fsp3) is 0.125. The second-order valence-corrected chi connectivity index (χ2v) is 6.57. The van der Waals surface area contributed by atoms with Gasteiger partial charge in [0.05, 0.1) is 5.39 Å². The monoisotopic (exact) mass is 314 g/mol. The van der Waals surface area contributed by atoms with Crippen molar-refractivity contribution in [2.45, 2.75) is 5.16 Å². The van der Waals surface area contributed by atoms with Crippen molar-refractivity contribution in [1.82, 2.24) is 9.55 Å². The Balaban J connectivity index is 2.15. The molecule has 0 aliphatic rings. The summed E-state index contributed by atoms with van der Waals surface area (Å²) >= 11 is 3.08. The minimum Gasteiger partial charge on any atom is -0.290 e. The number of hydrogen-bond donors (Lipinski definition) is 0. The number of thiophene rings is 1. The molecule has 0 N–H and O–H groups in total. The molecule has 0 saturated carbocycles. The molecule has 5 heteroatoms. The topological polar surface area (TPSA) is 34.9 Å². The van der Waals surface area contributed by atoms with Gasteiger partial charge in [0.2, 0.25) is 0 Å². The van der Waals surface area contributed by atoms with E-state index < -0.39 is 0 Å². The highest BCUT2D eigenvalue weighted by Crippen LogP contribution is 2.31. The fourth-order valence-electron chi connectivity index (χ4n) is 2.05. The van der Waals surface area contributed by atoms with Crippen LogP contribution in [-0.4, -0.2) is 15.3 Å². The summed E-state index contributed by atoms with van der Waals surface area (Å²) in [6.07, 6.45) is 1.81. The van der Waals surface area contributed by atoms with Crippen molar-refractivity contribution in [1.29, 1.82) is 0 Å². The lowest BCUT2D eigenvalue weighted by Crippen LogP contribution is -2.19. The first-order valence-electron chi connectivity index (χ1n) is 6.50.